The molecule has 1 unspecified atom stereocenters. The van der Waals surface area contributed by atoms with E-state index in [9.17, 15) is 5.11 Å². The Bertz CT molecular complexity index is 845. The molecule has 1 aliphatic carbocycles. The van der Waals surface area contributed by atoms with Gasteiger partial charge in [-0.25, -0.2) is 0 Å². The largest absolute Gasteiger partial charge is 0.493 e. The van der Waals surface area contributed by atoms with Crippen LogP contribution >= 0.6 is 0 Å². The molecule has 32 heavy (non-hydrogen) atoms. The number of piperidine rings is 3. The van der Waals surface area contributed by atoms with E-state index in [2.05, 4.69) is 12.1 Å². The lowest BCUT2D eigenvalue weighted by molar-refractivity contribution is -0.946. The standard InChI is InChI=1S/C28H38NO3/c30-28(25-11-7-12-25,24-9-3-1-4-10-24)22-32-27-21-29(18-15-23(27)16-19-29)17-8-20-31-26-13-5-2-6-14-26/h1-6,9-10,13-14,23,25,27,30H,7-8,11-12,15-22H2/q+1/t23?,27-,28?,29?/m0/s1. The van der Waals surface area contributed by atoms with Crippen molar-refractivity contribution in [3.05, 3.63) is 66.2 Å². The second-order valence-electron chi connectivity index (χ2n) is 10.3. The van der Waals surface area contributed by atoms with E-state index in [0.717, 1.165) is 54.8 Å². The Morgan fingerprint density at radius 1 is 0.906 bits per heavy atom. The SMILES string of the molecule is OC(CO[C@H]1C[N+]2(CCCOc3ccccc3)CCC1CC2)(c1ccccc1)C1CCC1. The van der Waals surface area contributed by atoms with Crippen molar-refractivity contribution in [2.75, 3.05) is 39.4 Å². The van der Waals surface area contributed by atoms with Crippen LogP contribution < -0.4 is 4.74 Å². The summed E-state index contributed by atoms with van der Waals surface area (Å²) in [6, 6.07) is 20.3. The summed E-state index contributed by atoms with van der Waals surface area (Å²) in [5, 5.41) is 11.7. The predicted molar refractivity (Wildman–Crippen MR) is 126 cm³/mol. The van der Waals surface area contributed by atoms with Crippen LogP contribution in [0.15, 0.2) is 60.7 Å². The number of ether oxygens (including phenoxy) is 2. The van der Waals surface area contributed by atoms with Crippen LogP contribution in [0.25, 0.3) is 0 Å². The van der Waals surface area contributed by atoms with Crippen LogP contribution in [0.3, 0.4) is 0 Å². The molecule has 0 radical (unpaired) electrons. The highest BCUT2D eigenvalue weighted by atomic mass is 16.5. The Labute approximate surface area is 192 Å². The Kier molecular flexibility index (Phi) is 6.54. The van der Waals surface area contributed by atoms with Gasteiger partial charge in [-0.05, 0) is 36.5 Å². The summed E-state index contributed by atoms with van der Waals surface area (Å²) in [5.41, 5.74) is 0.174. The summed E-state index contributed by atoms with van der Waals surface area (Å²) in [7, 11) is 0. The first-order chi connectivity index (χ1) is 15.7. The average Bonchev–Trinajstić information content (AvgIpc) is 2.81. The molecular weight excluding hydrogens is 398 g/mol. The topological polar surface area (TPSA) is 38.7 Å². The van der Waals surface area contributed by atoms with Crippen LogP contribution in [0.1, 0.15) is 44.1 Å². The van der Waals surface area contributed by atoms with E-state index in [1.54, 1.807) is 0 Å². The molecule has 1 N–H and O–H groups in total. The van der Waals surface area contributed by atoms with Gasteiger partial charge in [0.05, 0.1) is 32.8 Å². The molecule has 6 rings (SSSR count). The minimum absolute atomic E-state index is 0.267. The number of quaternary nitrogens is 1. The van der Waals surface area contributed by atoms with Crippen LogP contribution in [0.4, 0.5) is 0 Å². The van der Waals surface area contributed by atoms with Crippen molar-refractivity contribution in [1.29, 1.82) is 0 Å². The maximum atomic E-state index is 11.7. The van der Waals surface area contributed by atoms with Gasteiger partial charge in [0.2, 0.25) is 0 Å². The van der Waals surface area contributed by atoms with Gasteiger partial charge >= 0.3 is 0 Å². The van der Waals surface area contributed by atoms with E-state index in [1.807, 2.05) is 48.5 Å². The van der Waals surface area contributed by atoms with Crippen LogP contribution in [0.5, 0.6) is 5.75 Å². The lowest BCUT2D eigenvalue weighted by Gasteiger charge is -2.53. The van der Waals surface area contributed by atoms with E-state index < -0.39 is 5.60 Å². The molecule has 2 atom stereocenters. The first-order valence-electron chi connectivity index (χ1n) is 12.6. The fourth-order valence-corrected chi connectivity index (χ4v) is 6.11. The molecule has 3 aliphatic heterocycles. The van der Waals surface area contributed by atoms with Crippen molar-refractivity contribution in [2.24, 2.45) is 11.8 Å². The van der Waals surface area contributed by atoms with E-state index >= 15 is 0 Å². The number of nitrogens with zero attached hydrogens (tertiary/aromatic N) is 1. The number of para-hydroxylation sites is 1. The van der Waals surface area contributed by atoms with Gasteiger partial charge in [-0.2, -0.15) is 0 Å². The molecular formula is C28H38NO3+. The minimum Gasteiger partial charge on any atom is -0.493 e. The van der Waals surface area contributed by atoms with Crippen molar-refractivity contribution in [3.63, 3.8) is 0 Å². The highest BCUT2D eigenvalue weighted by molar-refractivity contribution is 5.24. The Hall–Kier alpha value is -1.88. The maximum absolute atomic E-state index is 11.7. The Balaban J connectivity index is 1.17. The zero-order chi connectivity index (χ0) is 21.9. The van der Waals surface area contributed by atoms with E-state index in [4.69, 9.17) is 9.47 Å². The summed E-state index contributed by atoms with van der Waals surface area (Å²) in [5.74, 6) is 1.93. The van der Waals surface area contributed by atoms with Gasteiger partial charge in [0, 0.05) is 25.2 Å². The molecule has 3 saturated heterocycles. The molecule has 2 aromatic rings. The fourth-order valence-electron chi connectivity index (χ4n) is 6.11. The molecule has 4 aliphatic rings. The molecule has 0 spiro atoms. The summed E-state index contributed by atoms with van der Waals surface area (Å²) in [4.78, 5) is 0. The normalized spacial score (nSPS) is 29.3. The number of hydrogen-bond donors (Lipinski definition) is 1. The zero-order valence-electron chi connectivity index (χ0n) is 19.2. The highest BCUT2D eigenvalue weighted by Crippen LogP contribution is 2.44. The molecule has 2 bridgehead atoms. The number of fused-ring (bicyclic) bond motifs is 3. The van der Waals surface area contributed by atoms with Crippen molar-refractivity contribution >= 4 is 0 Å². The quantitative estimate of drug-likeness (QED) is 0.431. The number of aliphatic hydroxyl groups is 1. The summed E-state index contributed by atoms with van der Waals surface area (Å²) in [6.45, 7) is 5.98. The average molecular weight is 437 g/mol. The lowest BCUT2D eigenvalue weighted by Crippen LogP contribution is -2.65. The van der Waals surface area contributed by atoms with Gasteiger partial charge in [0.25, 0.3) is 0 Å². The van der Waals surface area contributed by atoms with Crippen LogP contribution in [0.2, 0.25) is 0 Å². The van der Waals surface area contributed by atoms with E-state index in [-0.39, 0.29) is 6.10 Å². The molecule has 4 fully saturated rings. The Morgan fingerprint density at radius 3 is 2.25 bits per heavy atom. The number of benzene rings is 2. The highest BCUT2D eigenvalue weighted by Gasteiger charge is 2.48. The monoisotopic (exact) mass is 436 g/mol. The molecule has 0 amide bonds. The third-order valence-electron chi connectivity index (χ3n) is 8.40. The summed E-state index contributed by atoms with van der Waals surface area (Å²) >= 11 is 0. The molecule has 0 aromatic heterocycles. The summed E-state index contributed by atoms with van der Waals surface area (Å²) < 4.78 is 13.7. The van der Waals surface area contributed by atoms with Crippen molar-refractivity contribution in [1.82, 2.24) is 0 Å². The second kappa shape index (κ2) is 9.54. The van der Waals surface area contributed by atoms with E-state index in [0.29, 0.717) is 18.4 Å². The smallest absolute Gasteiger partial charge is 0.119 e. The van der Waals surface area contributed by atoms with Gasteiger partial charge in [-0.15, -0.1) is 0 Å². The molecule has 172 valence electrons. The fraction of sp³-hybridized carbons (Fsp3) is 0.571. The summed E-state index contributed by atoms with van der Waals surface area (Å²) in [6.07, 6.45) is 7.26. The van der Waals surface area contributed by atoms with Gasteiger partial charge < -0.3 is 19.1 Å². The number of rotatable bonds is 10. The van der Waals surface area contributed by atoms with E-state index in [1.165, 1.54) is 32.4 Å². The molecule has 3 heterocycles. The molecule has 2 aromatic carbocycles. The maximum Gasteiger partial charge on any atom is 0.119 e. The second-order valence-corrected chi connectivity index (χ2v) is 10.3. The minimum atomic E-state index is -0.847. The van der Waals surface area contributed by atoms with Gasteiger partial charge in [0.15, 0.2) is 0 Å². The van der Waals surface area contributed by atoms with Crippen LogP contribution in [-0.4, -0.2) is 55.1 Å². The van der Waals surface area contributed by atoms with Gasteiger partial charge in [-0.3, -0.25) is 0 Å². The lowest BCUT2D eigenvalue weighted by atomic mass is 9.70. The van der Waals surface area contributed by atoms with Crippen molar-refractivity contribution in [2.45, 2.75) is 50.2 Å². The molecule has 4 heteroatoms. The first kappa shape index (κ1) is 21.9. The van der Waals surface area contributed by atoms with Crippen LogP contribution in [-0.2, 0) is 10.3 Å². The van der Waals surface area contributed by atoms with Gasteiger partial charge in [-0.1, -0.05) is 55.0 Å². The third-order valence-corrected chi connectivity index (χ3v) is 8.40. The first-order valence-corrected chi connectivity index (χ1v) is 12.6. The van der Waals surface area contributed by atoms with Crippen molar-refractivity contribution < 1.29 is 19.1 Å². The molecule has 4 nitrogen and oxygen atoms in total. The zero-order valence-corrected chi connectivity index (χ0v) is 19.2. The third kappa shape index (κ3) is 4.59. The van der Waals surface area contributed by atoms with Crippen LogP contribution in [0, 0.1) is 11.8 Å². The predicted octanol–water partition coefficient (Wildman–Crippen LogP) is 4.77. The van der Waals surface area contributed by atoms with Crippen molar-refractivity contribution in [3.8, 4) is 5.75 Å². The number of hydrogen-bond acceptors (Lipinski definition) is 3. The molecule has 1 saturated carbocycles. The Morgan fingerprint density at radius 2 is 1.59 bits per heavy atom. The van der Waals surface area contributed by atoms with Gasteiger partial charge in [0.1, 0.15) is 24.0 Å².